The first-order valence-electron chi connectivity index (χ1n) is 6.14. The highest BCUT2D eigenvalue weighted by Gasteiger charge is 2.18. The number of hydrogen-bond acceptors (Lipinski definition) is 3. The predicted molar refractivity (Wildman–Crippen MR) is 68.4 cm³/mol. The number of amides is 1. The van der Waals surface area contributed by atoms with Gasteiger partial charge in [-0.1, -0.05) is 0 Å². The number of hydrogen-bond donors (Lipinski definition) is 1. The molecule has 0 bridgehead atoms. The average molecular weight is 257 g/mol. The molecule has 96 valence electrons. The topological polar surface area (TPSA) is 54.9 Å². The fraction of sp³-hybridized carbons (Fsp3) is 0.214. The molecule has 0 spiro atoms. The number of carbonyl (C=O) groups is 1. The van der Waals surface area contributed by atoms with Gasteiger partial charge in [0.25, 0.3) is 5.91 Å². The second kappa shape index (κ2) is 4.76. The van der Waals surface area contributed by atoms with E-state index in [4.69, 9.17) is 0 Å². The number of carbonyl (C=O) groups excluding carboxylic acids is 1. The van der Waals surface area contributed by atoms with E-state index in [2.05, 4.69) is 15.3 Å². The highest BCUT2D eigenvalue weighted by molar-refractivity contribution is 6.04. The van der Waals surface area contributed by atoms with Crippen LogP contribution in [-0.2, 0) is 12.8 Å². The second-order valence-corrected chi connectivity index (χ2v) is 4.46. The van der Waals surface area contributed by atoms with Crippen LogP contribution in [0.5, 0.6) is 0 Å². The number of fused-ring (bicyclic) bond motifs is 1. The first kappa shape index (κ1) is 11.8. The molecule has 1 heterocycles. The number of rotatable bonds is 2. The lowest BCUT2D eigenvalue weighted by Crippen LogP contribution is -2.14. The van der Waals surface area contributed by atoms with Crippen LogP contribution in [0, 0.1) is 5.82 Å². The Labute approximate surface area is 109 Å². The summed E-state index contributed by atoms with van der Waals surface area (Å²) in [7, 11) is 0. The molecule has 2 aromatic rings. The molecular formula is C14H12FN3O. The van der Waals surface area contributed by atoms with Gasteiger partial charge in [-0.3, -0.25) is 4.79 Å². The standard InChI is InChI=1S/C14H12FN3O/c15-10-6-4-9(5-7-10)14(19)18-13-11-2-1-3-12(11)16-8-17-13/h4-8H,1-3H2,(H,16,17,18,19). The minimum atomic E-state index is -0.362. The zero-order chi connectivity index (χ0) is 13.2. The largest absolute Gasteiger partial charge is 0.306 e. The van der Waals surface area contributed by atoms with Crippen LogP contribution in [0.25, 0.3) is 0 Å². The van der Waals surface area contributed by atoms with Crippen molar-refractivity contribution < 1.29 is 9.18 Å². The van der Waals surface area contributed by atoms with Crippen molar-refractivity contribution in [2.75, 3.05) is 5.32 Å². The molecule has 0 unspecified atom stereocenters. The molecule has 0 radical (unpaired) electrons. The summed E-state index contributed by atoms with van der Waals surface area (Å²) in [6, 6.07) is 5.43. The normalized spacial score (nSPS) is 13.1. The molecule has 0 saturated carbocycles. The first-order chi connectivity index (χ1) is 9.24. The maximum absolute atomic E-state index is 12.8. The molecule has 1 amide bonds. The van der Waals surface area contributed by atoms with Gasteiger partial charge < -0.3 is 5.32 Å². The molecule has 0 aliphatic heterocycles. The van der Waals surface area contributed by atoms with Crippen molar-refractivity contribution in [3.63, 3.8) is 0 Å². The Morgan fingerprint density at radius 3 is 2.74 bits per heavy atom. The van der Waals surface area contributed by atoms with Gasteiger partial charge in [-0.2, -0.15) is 0 Å². The minimum Gasteiger partial charge on any atom is -0.306 e. The van der Waals surface area contributed by atoms with Crippen molar-refractivity contribution in [2.24, 2.45) is 0 Å². The molecule has 0 fully saturated rings. The lowest BCUT2D eigenvalue weighted by molar-refractivity contribution is 0.102. The summed E-state index contributed by atoms with van der Waals surface area (Å²) in [4.78, 5) is 20.3. The summed E-state index contributed by atoms with van der Waals surface area (Å²) in [6.45, 7) is 0. The van der Waals surface area contributed by atoms with Gasteiger partial charge in [0.05, 0.1) is 0 Å². The van der Waals surface area contributed by atoms with E-state index in [1.807, 2.05) is 0 Å². The van der Waals surface area contributed by atoms with E-state index in [0.29, 0.717) is 11.4 Å². The van der Waals surface area contributed by atoms with Crippen molar-refractivity contribution in [1.82, 2.24) is 9.97 Å². The van der Waals surface area contributed by atoms with E-state index in [1.54, 1.807) is 0 Å². The molecule has 1 aromatic carbocycles. The van der Waals surface area contributed by atoms with Crippen LogP contribution < -0.4 is 5.32 Å². The van der Waals surface area contributed by atoms with Gasteiger partial charge in [-0.15, -0.1) is 0 Å². The number of benzene rings is 1. The van der Waals surface area contributed by atoms with Crippen LogP contribution in [0.15, 0.2) is 30.6 Å². The van der Waals surface area contributed by atoms with Crippen molar-refractivity contribution in [3.05, 3.63) is 53.2 Å². The molecular weight excluding hydrogens is 245 g/mol. The molecule has 3 rings (SSSR count). The summed E-state index contributed by atoms with van der Waals surface area (Å²) in [5.41, 5.74) is 2.43. The van der Waals surface area contributed by atoms with Crippen molar-refractivity contribution in [3.8, 4) is 0 Å². The molecule has 1 aromatic heterocycles. The Bertz CT molecular complexity index is 625. The summed E-state index contributed by atoms with van der Waals surface area (Å²) >= 11 is 0. The van der Waals surface area contributed by atoms with Crippen LogP contribution in [-0.4, -0.2) is 15.9 Å². The minimum absolute atomic E-state index is 0.284. The molecule has 1 aliphatic carbocycles. The Hall–Kier alpha value is -2.30. The number of halogens is 1. The quantitative estimate of drug-likeness (QED) is 0.898. The molecule has 1 aliphatic rings. The number of nitrogens with one attached hydrogen (secondary N) is 1. The van der Waals surface area contributed by atoms with E-state index in [1.165, 1.54) is 30.6 Å². The third-order valence-electron chi connectivity index (χ3n) is 3.21. The molecule has 1 N–H and O–H groups in total. The smallest absolute Gasteiger partial charge is 0.256 e. The molecule has 5 heteroatoms. The van der Waals surface area contributed by atoms with Crippen LogP contribution in [0.4, 0.5) is 10.2 Å². The van der Waals surface area contributed by atoms with Crippen molar-refractivity contribution in [2.45, 2.75) is 19.3 Å². The summed E-state index contributed by atoms with van der Waals surface area (Å²) < 4.78 is 12.8. The van der Waals surface area contributed by atoms with E-state index >= 15 is 0 Å². The van der Waals surface area contributed by atoms with E-state index in [9.17, 15) is 9.18 Å². The Kier molecular flexibility index (Phi) is 2.95. The lowest BCUT2D eigenvalue weighted by atomic mass is 10.2. The van der Waals surface area contributed by atoms with E-state index in [-0.39, 0.29) is 11.7 Å². The summed E-state index contributed by atoms with van der Waals surface area (Å²) in [5, 5.41) is 2.77. The van der Waals surface area contributed by atoms with E-state index in [0.717, 1.165) is 30.5 Å². The van der Waals surface area contributed by atoms with Crippen LogP contribution >= 0.6 is 0 Å². The van der Waals surface area contributed by atoms with Crippen molar-refractivity contribution >= 4 is 11.7 Å². The third kappa shape index (κ3) is 2.31. The maximum Gasteiger partial charge on any atom is 0.256 e. The van der Waals surface area contributed by atoms with Gasteiger partial charge in [0.15, 0.2) is 0 Å². The third-order valence-corrected chi connectivity index (χ3v) is 3.21. The Morgan fingerprint density at radius 2 is 1.95 bits per heavy atom. The van der Waals surface area contributed by atoms with Crippen LogP contribution in [0.1, 0.15) is 28.0 Å². The van der Waals surface area contributed by atoms with Gasteiger partial charge in [-0.05, 0) is 43.5 Å². The highest BCUT2D eigenvalue weighted by atomic mass is 19.1. The fourth-order valence-electron chi connectivity index (χ4n) is 2.25. The Balaban J connectivity index is 1.84. The average Bonchev–Trinajstić information content (AvgIpc) is 2.89. The predicted octanol–water partition coefficient (Wildman–Crippen LogP) is 2.36. The highest BCUT2D eigenvalue weighted by Crippen LogP contribution is 2.25. The van der Waals surface area contributed by atoms with Gasteiger partial charge in [0, 0.05) is 16.8 Å². The fourth-order valence-corrected chi connectivity index (χ4v) is 2.25. The maximum atomic E-state index is 12.8. The number of aryl methyl sites for hydroxylation is 1. The molecule has 0 atom stereocenters. The van der Waals surface area contributed by atoms with Crippen LogP contribution in [0.2, 0.25) is 0 Å². The number of aromatic nitrogens is 2. The SMILES string of the molecule is O=C(Nc1ncnc2c1CCC2)c1ccc(F)cc1. The van der Waals surface area contributed by atoms with Gasteiger partial charge in [-0.25, -0.2) is 14.4 Å². The van der Waals surface area contributed by atoms with Gasteiger partial charge in [0.2, 0.25) is 0 Å². The lowest BCUT2D eigenvalue weighted by Gasteiger charge is -2.08. The molecule has 19 heavy (non-hydrogen) atoms. The zero-order valence-corrected chi connectivity index (χ0v) is 10.2. The number of anilines is 1. The molecule has 0 saturated heterocycles. The second-order valence-electron chi connectivity index (χ2n) is 4.46. The first-order valence-corrected chi connectivity index (χ1v) is 6.14. The van der Waals surface area contributed by atoms with E-state index < -0.39 is 0 Å². The summed E-state index contributed by atoms with van der Waals surface area (Å²) in [6.07, 6.45) is 4.31. The van der Waals surface area contributed by atoms with Gasteiger partial charge in [0.1, 0.15) is 18.0 Å². The van der Waals surface area contributed by atoms with Crippen molar-refractivity contribution in [1.29, 1.82) is 0 Å². The van der Waals surface area contributed by atoms with Gasteiger partial charge >= 0.3 is 0 Å². The van der Waals surface area contributed by atoms with Crippen LogP contribution in [0.3, 0.4) is 0 Å². The molecule has 4 nitrogen and oxygen atoms in total. The summed E-state index contributed by atoms with van der Waals surface area (Å²) in [5.74, 6) is -0.0795. The number of nitrogens with zero attached hydrogens (tertiary/aromatic N) is 2. The Morgan fingerprint density at radius 1 is 1.16 bits per heavy atom. The zero-order valence-electron chi connectivity index (χ0n) is 10.2. The monoisotopic (exact) mass is 257 g/mol.